The van der Waals surface area contributed by atoms with Crippen LogP contribution in [0.15, 0.2) is 60.8 Å². The minimum absolute atomic E-state index is 0.220. The molecule has 1 aliphatic rings. The van der Waals surface area contributed by atoms with Crippen LogP contribution in [0.25, 0.3) is 0 Å². The first-order valence-corrected chi connectivity index (χ1v) is 10.0. The van der Waals surface area contributed by atoms with Gasteiger partial charge in [0.15, 0.2) is 5.82 Å². The summed E-state index contributed by atoms with van der Waals surface area (Å²) in [6.07, 6.45) is 3.99. The van der Waals surface area contributed by atoms with Gasteiger partial charge in [0.2, 0.25) is 5.95 Å². The third kappa shape index (κ3) is 4.51. The summed E-state index contributed by atoms with van der Waals surface area (Å²) in [6, 6.07) is 16.6. The second kappa shape index (κ2) is 8.82. The zero-order valence-electron chi connectivity index (χ0n) is 17.2. The maximum absolute atomic E-state index is 12.8. The van der Waals surface area contributed by atoms with E-state index in [1.807, 2.05) is 49.3 Å². The fraction of sp³-hybridized carbons (Fsp3) is 0.261. The van der Waals surface area contributed by atoms with Gasteiger partial charge < -0.3 is 19.9 Å². The summed E-state index contributed by atoms with van der Waals surface area (Å²) >= 11 is 0. The number of hydrogen-bond acceptors (Lipinski definition) is 6. The zero-order valence-corrected chi connectivity index (χ0v) is 17.2. The van der Waals surface area contributed by atoms with Gasteiger partial charge in [0.1, 0.15) is 17.2 Å². The maximum atomic E-state index is 12.8. The number of nitrogens with one attached hydrogen (secondary N) is 1. The first-order chi connectivity index (χ1) is 14.6. The molecule has 30 heavy (non-hydrogen) atoms. The highest BCUT2D eigenvalue weighted by atomic mass is 16.5. The molecule has 154 valence electrons. The molecule has 7 nitrogen and oxygen atoms in total. The highest BCUT2D eigenvalue weighted by molar-refractivity contribution is 6.05. The molecule has 7 heteroatoms. The molecule has 0 spiro atoms. The van der Waals surface area contributed by atoms with Gasteiger partial charge in [-0.1, -0.05) is 18.2 Å². The smallest absolute Gasteiger partial charge is 0.255 e. The molecule has 0 unspecified atom stereocenters. The van der Waals surface area contributed by atoms with Gasteiger partial charge in [-0.25, -0.2) is 4.98 Å². The second-order valence-corrected chi connectivity index (χ2v) is 7.39. The molecule has 0 atom stereocenters. The first kappa shape index (κ1) is 19.7. The molecule has 0 radical (unpaired) electrons. The van der Waals surface area contributed by atoms with Crippen LogP contribution in [-0.4, -0.2) is 43.1 Å². The Bertz CT molecular complexity index is 1000. The van der Waals surface area contributed by atoms with Crippen LogP contribution in [-0.2, 0) is 0 Å². The lowest BCUT2D eigenvalue weighted by atomic mass is 10.2. The monoisotopic (exact) mass is 403 g/mol. The number of para-hydroxylation sites is 1. The molecule has 0 saturated carbocycles. The van der Waals surface area contributed by atoms with Crippen LogP contribution >= 0.6 is 0 Å². The fourth-order valence-corrected chi connectivity index (χ4v) is 3.36. The molecule has 1 aliphatic heterocycles. The van der Waals surface area contributed by atoms with Crippen LogP contribution in [0.2, 0.25) is 0 Å². The number of anilines is 3. The van der Waals surface area contributed by atoms with Crippen LogP contribution in [0.5, 0.6) is 11.5 Å². The molecular weight excluding hydrogens is 378 g/mol. The summed E-state index contributed by atoms with van der Waals surface area (Å²) < 4.78 is 5.78. The van der Waals surface area contributed by atoms with Gasteiger partial charge in [0, 0.05) is 32.7 Å². The summed E-state index contributed by atoms with van der Waals surface area (Å²) in [5, 5.41) is 2.93. The SMILES string of the molecule is CN(C)c1nc(N2CCCC2)ncc1NC(=O)c1ccc(Oc2ccccc2)cc1. The topological polar surface area (TPSA) is 70.6 Å². The van der Waals surface area contributed by atoms with E-state index in [2.05, 4.69) is 20.2 Å². The van der Waals surface area contributed by atoms with Gasteiger partial charge in [-0.2, -0.15) is 4.98 Å². The molecular formula is C23H25N5O2. The zero-order chi connectivity index (χ0) is 20.9. The van der Waals surface area contributed by atoms with Gasteiger partial charge in [0.05, 0.1) is 6.20 Å². The lowest BCUT2D eigenvalue weighted by molar-refractivity contribution is 0.102. The Morgan fingerprint density at radius 3 is 2.33 bits per heavy atom. The third-order valence-electron chi connectivity index (χ3n) is 4.91. The molecule has 1 aromatic heterocycles. The van der Waals surface area contributed by atoms with Gasteiger partial charge in [-0.3, -0.25) is 4.79 Å². The number of rotatable bonds is 6. The average Bonchev–Trinajstić information content (AvgIpc) is 3.30. The number of carbonyl (C=O) groups is 1. The molecule has 3 aromatic rings. The number of carbonyl (C=O) groups excluding carboxylic acids is 1. The second-order valence-electron chi connectivity index (χ2n) is 7.39. The van der Waals surface area contributed by atoms with Crippen LogP contribution in [0, 0.1) is 0 Å². The minimum atomic E-state index is -0.220. The van der Waals surface area contributed by atoms with E-state index in [0.717, 1.165) is 31.7 Å². The average molecular weight is 403 g/mol. The van der Waals surface area contributed by atoms with E-state index in [4.69, 9.17) is 4.74 Å². The molecule has 1 N–H and O–H groups in total. The summed E-state index contributed by atoms with van der Waals surface area (Å²) in [5.41, 5.74) is 1.11. The molecule has 1 amide bonds. The Labute approximate surface area is 176 Å². The standard InChI is InChI=1S/C23H25N5O2/c1-27(2)21-20(16-24-23(26-21)28-14-6-7-15-28)25-22(29)17-10-12-19(13-11-17)30-18-8-4-3-5-9-18/h3-5,8-13,16H,6-7,14-15H2,1-2H3,(H,25,29). The van der Waals surface area contributed by atoms with Crippen LogP contribution in [0.4, 0.5) is 17.5 Å². The molecule has 2 heterocycles. The summed E-state index contributed by atoms with van der Waals surface area (Å²) in [6.45, 7) is 1.94. The van der Waals surface area contributed by atoms with Crippen molar-refractivity contribution in [2.24, 2.45) is 0 Å². The van der Waals surface area contributed by atoms with E-state index < -0.39 is 0 Å². The largest absolute Gasteiger partial charge is 0.457 e. The van der Waals surface area contributed by atoms with Gasteiger partial charge >= 0.3 is 0 Å². The predicted octanol–water partition coefficient (Wildman–Crippen LogP) is 4.19. The van der Waals surface area contributed by atoms with E-state index in [-0.39, 0.29) is 5.91 Å². The number of nitrogens with zero attached hydrogens (tertiary/aromatic N) is 4. The summed E-state index contributed by atoms with van der Waals surface area (Å²) in [7, 11) is 3.81. The number of amides is 1. The van der Waals surface area contributed by atoms with Gasteiger partial charge in [-0.15, -0.1) is 0 Å². The van der Waals surface area contributed by atoms with Crippen LogP contribution in [0.1, 0.15) is 23.2 Å². The van der Waals surface area contributed by atoms with Crippen molar-refractivity contribution in [1.82, 2.24) is 9.97 Å². The fourth-order valence-electron chi connectivity index (χ4n) is 3.36. The van der Waals surface area contributed by atoms with E-state index in [1.165, 1.54) is 0 Å². The number of aromatic nitrogens is 2. The number of hydrogen-bond donors (Lipinski definition) is 1. The highest BCUT2D eigenvalue weighted by Crippen LogP contribution is 2.26. The van der Waals surface area contributed by atoms with Crippen molar-refractivity contribution >= 4 is 23.4 Å². The minimum Gasteiger partial charge on any atom is -0.457 e. The summed E-state index contributed by atoms with van der Waals surface area (Å²) in [5.74, 6) is 2.59. The Morgan fingerprint density at radius 1 is 1.00 bits per heavy atom. The van der Waals surface area contributed by atoms with Gasteiger partial charge in [-0.05, 0) is 49.2 Å². The van der Waals surface area contributed by atoms with Crippen molar-refractivity contribution in [2.45, 2.75) is 12.8 Å². The Hall–Kier alpha value is -3.61. The van der Waals surface area contributed by atoms with E-state index in [0.29, 0.717) is 28.8 Å². The number of ether oxygens (including phenoxy) is 1. The summed E-state index contributed by atoms with van der Waals surface area (Å²) in [4.78, 5) is 25.9. The van der Waals surface area contributed by atoms with Crippen LogP contribution in [0.3, 0.4) is 0 Å². The Balaban J connectivity index is 1.47. The van der Waals surface area contributed by atoms with Crippen molar-refractivity contribution in [2.75, 3.05) is 42.3 Å². The Morgan fingerprint density at radius 2 is 1.67 bits per heavy atom. The van der Waals surface area contributed by atoms with E-state index in [1.54, 1.807) is 30.5 Å². The van der Waals surface area contributed by atoms with Crippen LogP contribution < -0.4 is 19.9 Å². The van der Waals surface area contributed by atoms with Crippen molar-refractivity contribution in [3.8, 4) is 11.5 Å². The molecule has 4 rings (SSSR count). The van der Waals surface area contributed by atoms with Crippen molar-refractivity contribution in [3.05, 3.63) is 66.4 Å². The first-order valence-electron chi connectivity index (χ1n) is 10.0. The molecule has 0 aliphatic carbocycles. The molecule has 0 bridgehead atoms. The van der Waals surface area contributed by atoms with Gasteiger partial charge in [0.25, 0.3) is 5.91 Å². The molecule has 1 fully saturated rings. The quantitative estimate of drug-likeness (QED) is 0.666. The molecule has 1 saturated heterocycles. The lowest BCUT2D eigenvalue weighted by Gasteiger charge is -2.21. The normalized spacial score (nSPS) is 13.2. The van der Waals surface area contributed by atoms with E-state index in [9.17, 15) is 4.79 Å². The Kier molecular flexibility index (Phi) is 5.79. The predicted molar refractivity (Wildman–Crippen MR) is 119 cm³/mol. The molecule has 2 aromatic carbocycles. The van der Waals surface area contributed by atoms with Crippen molar-refractivity contribution in [1.29, 1.82) is 0 Å². The third-order valence-corrected chi connectivity index (χ3v) is 4.91. The highest BCUT2D eigenvalue weighted by Gasteiger charge is 2.19. The van der Waals surface area contributed by atoms with E-state index >= 15 is 0 Å². The number of benzene rings is 2. The van der Waals surface area contributed by atoms with Crippen molar-refractivity contribution < 1.29 is 9.53 Å². The lowest BCUT2D eigenvalue weighted by Crippen LogP contribution is -2.23. The maximum Gasteiger partial charge on any atom is 0.255 e. The van der Waals surface area contributed by atoms with Crippen molar-refractivity contribution in [3.63, 3.8) is 0 Å².